The van der Waals surface area contributed by atoms with E-state index in [4.69, 9.17) is 5.73 Å². The Morgan fingerprint density at radius 3 is 2.38 bits per heavy atom. The van der Waals surface area contributed by atoms with Crippen molar-refractivity contribution in [2.45, 2.75) is 26.1 Å². The fraction of sp³-hybridized carbons (Fsp3) is 0.385. The Kier molecular flexibility index (Phi) is 5.27. The maximum absolute atomic E-state index is 13.9. The van der Waals surface area contributed by atoms with Gasteiger partial charge in [-0.05, 0) is 26.0 Å². The molecule has 116 valence electrons. The molecule has 0 aromatic heterocycles. The van der Waals surface area contributed by atoms with Crippen LogP contribution in [-0.2, 0) is 6.18 Å². The molecule has 0 atom stereocenters. The van der Waals surface area contributed by atoms with Gasteiger partial charge in [0.05, 0.1) is 22.7 Å². The Balaban J connectivity index is 3.26. The van der Waals surface area contributed by atoms with Gasteiger partial charge in [0, 0.05) is 6.04 Å². The molecule has 0 aliphatic rings. The molecule has 0 aliphatic carbocycles. The number of nitrogens with zero attached hydrogens (tertiary/aromatic N) is 1. The van der Waals surface area contributed by atoms with Crippen molar-refractivity contribution in [3.05, 3.63) is 35.1 Å². The number of hydrogen-bond acceptors (Lipinski definition) is 2. The standard InChI is InChI=1S/C13H14F4N2OS/c1-7(2)19(6-10(18)21)12(20)8-4-3-5-9(11(8)14)13(15,16)17/h3-5,7H,6H2,1-2H3,(H2,18,21). The first-order valence-corrected chi connectivity index (χ1v) is 6.41. The van der Waals surface area contributed by atoms with Crippen molar-refractivity contribution < 1.29 is 22.4 Å². The van der Waals surface area contributed by atoms with E-state index in [0.29, 0.717) is 6.07 Å². The van der Waals surface area contributed by atoms with Gasteiger partial charge in [-0.2, -0.15) is 13.2 Å². The van der Waals surface area contributed by atoms with Crippen molar-refractivity contribution >= 4 is 23.1 Å². The quantitative estimate of drug-likeness (QED) is 0.685. The van der Waals surface area contributed by atoms with E-state index in [-0.39, 0.29) is 11.5 Å². The third-order valence-corrected chi connectivity index (χ3v) is 2.87. The molecule has 1 aromatic rings. The van der Waals surface area contributed by atoms with E-state index in [1.54, 1.807) is 13.8 Å². The number of halogens is 4. The lowest BCUT2D eigenvalue weighted by Crippen LogP contribution is -2.42. The highest BCUT2D eigenvalue weighted by atomic mass is 32.1. The van der Waals surface area contributed by atoms with Gasteiger partial charge in [0.2, 0.25) is 0 Å². The van der Waals surface area contributed by atoms with Gasteiger partial charge >= 0.3 is 6.18 Å². The highest BCUT2D eigenvalue weighted by Gasteiger charge is 2.36. The zero-order chi connectivity index (χ0) is 16.4. The summed E-state index contributed by atoms with van der Waals surface area (Å²) < 4.78 is 51.9. The Labute approximate surface area is 124 Å². The smallest absolute Gasteiger partial charge is 0.392 e. The fourth-order valence-corrected chi connectivity index (χ4v) is 1.87. The number of carbonyl (C=O) groups excluding carboxylic acids is 1. The molecule has 0 aliphatic heterocycles. The number of alkyl halides is 3. The number of thiocarbonyl (C=S) groups is 1. The molecule has 0 heterocycles. The topological polar surface area (TPSA) is 46.3 Å². The molecular formula is C13H14F4N2OS. The van der Waals surface area contributed by atoms with Gasteiger partial charge in [-0.3, -0.25) is 4.79 Å². The molecule has 1 amide bonds. The van der Waals surface area contributed by atoms with Crippen molar-refractivity contribution in [3.8, 4) is 0 Å². The molecule has 0 saturated heterocycles. The van der Waals surface area contributed by atoms with Gasteiger partial charge < -0.3 is 10.6 Å². The van der Waals surface area contributed by atoms with Crippen LogP contribution in [0.3, 0.4) is 0 Å². The molecular weight excluding hydrogens is 308 g/mol. The molecule has 0 radical (unpaired) electrons. The van der Waals surface area contributed by atoms with Crippen LogP contribution in [0.2, 0.25) is 0 Å². The molecule has 8 heteroatoms. The van der Waals surface area contributed by atoms with Crippen molar-refractivity contribution in [1.82, 2.24) is 4.90 Å². The second-order valence-electron chi connectivity index (χ2n) is 4.66. The van der Waals surface area contributed by atoms with Crippen LogP contribution in [0.5, 0.6) is 0 Å². The summed E-state index contributed by atoms with van der Waals surface area (Å²) in [5, 5.41) is 0. The Morgan fingerprint density at radius 2 is 1.95 bits per heavy atom. The van der Waals surface area contributed by atoms with E-state index in [9.17, 15) is 22.4 Å². The predicted octanol–water partition coefficient (Wildman–Crippen LogP) is 2.98. The molecule has 0 fully saturated rings. The zero-order valence-corrected chi connectivity index (χ0v) is 12.2. The number of rotatable bonds is 4. The summed E-state index contributed by atoms with van der Waals surface area (Å²) in [6, 6.07) is 2.17. The fourth-order valence-electron chi connectivity index (χ4n) is 1.73. The Morgan fingerprint density at radius 1 is 1.38 bits per heavy atom. The number of nitrogens with two attached hydrogens (primary N) is 1. The second kappa shape index (κ2) is 6.38. The molecule has 1 rings (SSSR count). The number of hydrogen-bond donors (Lipinski definition) is 1. The third-order valence-electron chi connectivity index (χ3n) is 2.74. The minimum atomic E-state index is -4.87. The van der Waals surface area contributed by atoms with E-state index >= 15 is 0 Å². The first kappa shape index (κ1) is 17.4. The van der Waals surface area contributed by atoms with Crippen LogP contribution >= 0.6 is 12.2 Å². The van der Waals surface area contributed by atoms with Gasteiger partial charge in [0.25, 0.3) is 5.91 Å². The van der Waals surface area contributed by atoms with Crippen molar-refractivity contribution in [2.24, 2.45) is 5.73 Å². The molecule has 0 spiro atoms. The summed E-state index contributed by atoms with van der Waals surface area (Å²) in [6.45, 7) is 3.12. The summed E-state index contributed by atoms with van der Waals surface area (Å²) in [5.74, 6) is -2.48. The molecule has 0 unspecified atom stereocenters. The average molecular weight is 322 g/mol. The van der Waals surface area contributed by atoms with Crippen molar-refractivity contribution in [2.75, 3.05) is 6.54 Å². The van der Waals surface area contributed by atoms with Crippen LogP contribution in [0, 0.1) is 5.82 Å². The highest BCUT2D eigenvalue weighted by Crippen LogP contribution is 2.32. The molecule has 0 saturated carbocycles. The SMILES string of the molecule is CC(C)N(CC(N)=S)C(=O)c1cccc(C(F)(F)F)c1F. The Bertz CT molecular complexity index is 558. The van der Waals surface area contributed by atoms with Crippen LogP contribution < -0.4 is 5.73 Å². The van der Waals surface area contributed by atoms with E-state index in [1.165, 1.54) is 0 Å². The molecule has 3 nitrogen and oxygen atoms in total. The lowest BCUT2D eigenvalue weighted by molar-refractivity contribution is -0.140. The summed E-state index contributed by atoms with van der Waals surface area (Å²) in [6.07, 6.45) is -4.87. The minimum Gasteiger partial charge on any atom is -0.392 e. The first-order valence-electron chi connectivity index (χ1n) is 6.00. The average Bonchev–Trinajstić information content (AvgIpc) is 2.33. The highest BCUT2D eigenvalue weighted by molar-refractivity contribution is 7.80. The Hall–Kier alpha value is -1.70. The molecule has 21 heavy (non-hydrogen) atoms. The zero-order valence-electron chi connectivity index (χ0n) is 11.4. The normalized spacial score (nSPS) is 11.6. The third kappa shape index (κ3) is 4.13. The van der Waals surface area contributed by atoms with Gasteiger partial charge in [-0.1, -0.05) is 18.3 Å². The minimum absolute atomic E-state index is 0.00978. The summed E-state index contributed by atoms with van der Waals surface area (Å²) >= 11 is 4.69. The van der Waals surface area contributed by atoms with E-state index in [1.807, 2.05) is 0 Å². The summed E-state index contributed by atoms with van der Waals surface area (Å²) in [4.78, 5) is 13.3. The number of carbonyl (C=O) groups is 1. The summed E-state index contributed by atoms with van der Waals surface area (Å²) in [5.41, 5.74) is 3.21. The van der Waals surface area contributed by atoms with Gasteiger partial charge in [-0.15, -0.1) is 0 Å². The number of amides is 1. The van der Waals surface area contributed by atoms with E-state index in [0.717, 1.165) is 17.0 Å². The largest absolute Gasteiger partial charge is 0.419 e. The second-order valence-corrected chi connectivity index (χ2v) is 5.18. The molecule has 1 aromatic carbocycles. The van der Waals surface area contributed by atoms with Gasteiger partial charge in [0.1, 0.15) is 5.82 Å². The van der Waals surface area contributed by atoms with Gasteiger partial charge in [0.15, 0.2) is 0 Å². The lowest BCUT2D eigenvalue weighted by atomic mass is 10.1. The van der Waals surface area contributed by atoms with Crippen molar-refractivity contribution in [1.29, 1.82) is 0 Å². The maximum Gasteiger partial charge on any atom is 0.419 e. The monoisotopic (exact) mass is 322 g/mol. The van der Waals surface area contributed by atoms with Crippen LogP contribution in [0.4, 0.5) is 17.6 Å². The maximum atomic E-state index is 13.9. The first-order chi connectivity index (χ1) is 9.55. The van der Waals surface area contributed by atoms with Crippen LogP contribution in [-0.4, -0.2) is 28.4 Å². The lowest BCUT2D eigenvalue weighted by Gasteiger charge is -2.26. The van der Waals surface area contributed by atoms with Crippen LogP contribution in [0.25, 0.3) is 0 Å². The molecule has 0 bridgehead atoms. The predicted molar refractivity (Wildman–Crippen MR) is 74.4 cm³/mol. The van der Waals surface area contributed by atoms with Crippen LogP contribution in [0.15, 0.2) is 18.2 Å². The van der Waals surface area contributed by atoms with E-state index in [2.05, 4.69) is 12.2 Å². The van der Waals surface area contributed by atoms with E-state index < -0.39 is 35.1 Å². The number of benzene rings is 1. The van der Waals surface area contributed by atoms with Crippen LogP contribution in [0.1, 0.15) is 29.8 Å². The molecule has 2 N–H and O–H groups in total. The summed E-state index contributed by atoms with van der Waals surface area (Å²) in [7, 11) is 0. The van der Waals surface area contributed by atoms with Crippen molar-refractivity contribution in [3.63, 3.8) is 0 Å². The van der Waals surface area contributed by atoms with Gasteiger partial charge in [-0.25, -0.2) is 4.39 Å².